The third kappa shape index (κ3) is 3.84. The fourth-order valence-corrected chi connectivity index (χ4v) is 3.00. The highest BCUT2D eigenvalue weighted by molar-refractivity contribution is 7.18. The molecule has 0 aliphatic heterocycles. The first-order chi connectivity index (χ1) is 10.1. The summed E-state index contributed by atoms with van der Waals surface area (Å²) < 4.78 is 10.4. The molecule has 1 amide bonds. The van der Waals surface area contributed by atoms with Crippen molar-refractivity contribution in [1.29, 1.82) is 0 Å². The minimum absolute atomic E-state index is 0.200. The largest absolute Gasteiger partial charge is 0.383 e. The average molecular weight is 314 g/mol. The molecule has 21 heavy (non-hydrogen) atoms. The highest BCUT2D eigenvalue weighted by Crippen LogP contribution is 2.34. The molecule has 0 bridgehead atoms. The van der Waals surface area contributed by atoms with Crippen LogP contribution in [0, 0.1) is 0 Å². The summed E-state index contributed by atoms with van der Waals surface area (Å²) >= 11 is 1.25. The van der Waals surface area contributed by atoms with Gasteiger partial charge in [-0.3, -0.25) is 4.79 Å². The first-order valence-corrected chi connectivity index (χ1v) is 7.74. The molecule has 1 fully saturated rings. The summed E-state index contributed by atoms with van der Waals surface area (Å²) in [5.41, 5.74) is 5.60. The van der Waals surface area contributed by atoms with Gasteiger partial charge >= 0.3 is 0 Å². The molecule has 7 nitrogen and oxygen atoms in total. The maximum Gasteiger partial charge on any atom is 0.265 e. The first-order valence-electron chi connectivity index (χ1n) is 6.93. The standard InChI is InChI=1S/C13H22N4O3S/c1-19-7-6-15-12-17-10(14)9(21-12)11(18)16-8-13(20-2)4-3-5-13/h3-8,14H2,1-2H3,(H,15,17)(H,16,18). The number of anilines is 2. The summed E-state index contributed by atoms with van der Waals surface area (Å²) in [7, 11) is 3.31. The lowest BCUT2D eigenvalue weighted by atomic mass is 9.80. The number of nitrogens with two attached hydrogens (primary N) is 1. The topological polar surface area (TPSA) is 98.5 Å². The van der Waals surface area contributed by atoms with E-state index in [1.54, 1.807) is 14.2 Å². The zero-order valence-corrected chi connectivity index (χ0v) is 13.2. The minimum atomic E-state index is -0.201. The lowest BCUT2D eigenvalue weighted by molar-refractivity contribution is -0.0679. The molecule has 0 saturated heterocycles. The van der Waals surface area contributed by atoms with Crippen LogP contribution in [0.3, 0.4) is 0 Å². The summed E-state index contributed by atoms with van der Waals surface area (Å²) in [6, 6.07) is 0. The van der Waals surface area contributed by atoms with Gasteiger partial charge in [0.2, 0.25) is 0 Å². The van der Waals surface area contributed by atoms with Crippen molar-refractivity contribution in [3.63, 3.8) is 0 Å². The Kier molecular flexibility index (Phi) is 5.38. The summed E-state index contributed by atoms with van der Waals surface area (Å²) in [6.07, 6.45) is 3.09. The number of methoxy groups -OCH3 is 2. The van der Waals surface area contributed by atoms with Crippen LogP contribution in [0.2, 0.25) is 0 Å². The number of carbonyl (C=O) groups is 1. The zero-order valence-electron chi connectivity index (χ0n) is 12.4. The lowest BCUT2D eigenvalue weighted by Gasteiger charge is -2.40. The number of ether oxygens (including phenoxy) is 2. The Labute approximate surface area is 128 Å². The van der Waals surface area contributed by atoms with Crippen molar-refractivity contribution in [2.45, 2.75) is 24.9 Å². The van der Waals surface area contributed by atoms with E-state index in [1.165, 1.54) is 11.3 Å². The maximum atomic E-state index is 12.2. The van der Waals surface area contributed by atoms with Crippen molar-refractivity contribution in [3.05, 3.63) is 4.88 Å². The van der Waals surface area contributed by atoms with Crippen molar-refractivity contribution in [3.8, 4) is 0 Å². The molecular formula is C13H22N4O3S. The van der Waals surface area contributed by atoms with E-state index >= 15 is 0 Å². The third-order valence-corrected chi connectivity index (χ3v) is 4.74. The first kappa shape index (κ1) is 16.0. The van der Waals surface area contributed by atoms with Crippen LogP contribution in [0.15, 0.2) is 0 Å². The van der Waals surface area contributed by atoms with Crippen LogP contribution in [0.1, 0.15) is 28.9 Å². The molecule has 4 N–H and O–H groups in total. The number of thiazole rings is 1. The van der Waals surface area contributed by atoms with Crippen LogP contribution in [0.5, 0.6) is 0 Å². The van der Waals surface area contributed by atoms with Gasteiger partial charge in [-0.05, 0) is 19.3 Å². The van der Waals surface area contributed by atoms with Gasteiger partial charge in [-0.2, -0.15) is 0 Å². The monoisotopic (exact) mass is 314 g/mol. The lowest BCUT2D eigenvalue weighted by Crippen LogP contribution is -2.49. The molecule has 1 heterocycles. The molecule has 1 aromatic rings. The molecule has 1 aliphatic rings. The minimum Gasteiger partial charge on any atom is -0.383 e. The van der Waals surface area contributed by atoms with Crippen molar-refractivity contribution in [2.24, 2.45) is 0 Å². The molecule has 0 radical (unpaired) electrons. The highest BCUT2D eigenvalue weighted by Gasteiger charge is 2.37. The number of rotatable bonds is 8. The third-order valence-electron chi connectivity index (χ3n) is 3.71. The van der Waals surface area contributed by atoms with Gasteiger partial charge in [-0.25, -0.2) is 4.98 Å². The Morgan fingerprint density at radius 2 is 2.24 bits per heavy atom. The van der Waals surface area contributed by atoms with E-state index in [0.717, 1.165) is 19.3 Å². The fraction of sp³-hybridized carbons (Fsp3) is 0.692. The van der Waals surface area contributed by atoms with Crippen molar-refractivity contribution in [2.75, 3.05) is 45.0 Å². The molecule has 0 spiro atoms. The summed E-state index contributed by atoms with van der Waals surface area (Å²) in [5, 5.41) is 6.58. The Balaban J connectivity index is 1.89. The molecule has 1 aliphatic carbocycles. The van der Waals surface area contributed by atoms with E-state index in [-0.39, 0.29) is 17.3 Å². The summed E-state index contributed by atoms with van der Waals surface area (Å²) in [6.45, 7) is 1.70. The van der Waals surface area contributed by atoms with Crippen molar-refractivity contribution in [1.82, 2.24) is 10.3 Å². The van der Waals surface area contributed by atoms with Gasteiger partial charge in [-0.1, -0.05) is 11.3 Å². The van der Waals surface area contributed by atoms with E-state index < -0.39 is 0 Å². The SMILES string of the molecule is COCCNc1nc(N)c(C(=O)NCC2(OC)CCC2)s1. The van der Waals surface area contributed by atoms with Crippen LogP contribution in [0.4, 0.5) is 10.9 Å². The number of nitrogens with zero attached hydrogens (tertiary/aromatic N) is 1. The molecule has 1 aromatic heterocycles. The van der Waals surface area contributed by atoms with Crippen molar-refractivity contribution < 1.29 is 14.3 Å². The second-order valence-electron chi connectivity index (χ2n) is 5.08. The number of amides is 1. The van der Waals surface area contributed by atoms with Gasteiger partial charge in [0.25, 0.3) is 5.91 Å². The molecule has 2 rings (SSSR count). The average Bonchev–Trinajstić information content (AvgIpc) is 2.79. The van der Waals surface area contributed by atoms with Gasteiger partial charge in [0.15, 0.2) is 5.13 Å². The van der Waals surface area contributed by atoms with Gasteiger partial charge < -0.3 is 25.8 Å². The summed E-state index contributed by atoms with van der Waals surface area (Å²) in [4.78, 5) is 16.8. The van der Waals surface area contributed by atoms with E-state index in [0.29, 0.717) is 29.7 Å². The maximum absolute atomic E-state index is 12.2. The van der Waals surface area contributed by atoms with Crippen LogP contribution in [-0.4, -0.2) is 50.4 Å². The summed E-state index contributed by atoms with van der Waals surface area (Å²) in [5.74, 6) is 0.0469. The molecule has 0 aromatic carbocycles. The number of carbonyl (C=O) groups excluding carboxylic acids is 1. The van der Waals surface area contributed by atoms with E-state index in [1.807, 2.05) is 0 Å². The van der Waals surface area contributed by atoms with E-state index in [2.05, 4.69) is 15.6 Å². The van der Waals surface area contributed by atoms with Crippen molar-refractivity contribution >= 4 is 28.2 Å². The van der Waals surface area contributed by atoms with Gasteiger partial charge in [0.05, 0.1) is 12.2 Å². The molecule has 0 unspecified atom stereocenters. The predicted molar refractivity (Wildman–Crippen MR) is 82.8 cm³/mol. The van der Waals surface area contributed by atoms with Gasteiger partial charge in [0, 0.05) is 27.3 Å². The van der Waals surface area contributed by atoms with E-state index in [4.69, 9.17) is 15.2 Å². The van der Waals surface area contributed by atoms with Gasteiger partial charge in [-0.15, -0.1) is 0 Å². The van der Waals surface area contributed by atoms with Crippen LogP contribution < -0.4 is 16.4 Å². The quantitative estimate of drug-likeness (QED) is 0.621. The number of hydrogen-bond donors (Lipinski definition) is 3. The molecular weight excluding hydrogens is 292 g/mol. The van der Waals surface area contributed by atoms with Crippen LogP contribution in [0.25, 0.3) is 0 Å². The molecule has 0 atom stereocenters. The Hall–Kier alpha value is -1.38. The number of hydrogen-bond acceptors (Lipinski definition) is 7. The van der Waals surface area contributed by atoms with Gasteiger partial charge in [0.1, 0.15) is 10.7 Å². The smallest absolute Gasteiger partial charge is 0.265 e. The zero-order chi connectivity index (χ0) is 15.3. The van der Waals surface area contributed by atoms with E-state index in [9.17, 15) is 4.79 Å². The molecule has 118 valence electrons. The molecule has 8 heteroatoms. The normalized spacial score (nSPS) is 16.3. The Morgan fingerprint density at radius 1 is 1.48 bits per heavy atom. The molecule has 1 saturated carbocycles. The Morgan fingerprint density at radius 3 is 2.81 bits per heavy atom. The fourth-order valence-electron chi connectivity index (χ4n) is 2.18. The van der Waals surface area contributed by atoms with Crippen LogP contribution >= 0.6 is 11.3 Å². The number of aromatic nitrogens is 1. The second-order valence-corrected chi connectivity index (χ2v) is 6.08. The number of nitrogens with one attached hydrogen (secondary N) is 2. The predicted octanol–water partition coefficient (Wildman–Crippen LogP) is 1.08. The van der Waals surface area contributed by atoms with Crippen LogP contribution in [-0.2, 0) is 9.47 Å². The second kappa shape index (κ2) is 7.06. The highest BCUT2D eigenvalue weighted by atomic mass is 32.1. The Bertz CT molecular complexity index is 482. The number of nitrogen functional groups attached to an aromatic ring is 1.